The Morgan fingerprint density at radius 1 is 1.27 bits per heavy atom. The molecule has 2 aliphatic rings. The highest BCUT2D eigenvalue weighted by Crippen LogP contribution is 2.30. The summed E-state index contributed by atoms with van der Waals surface area (Å²) >= 11 is 0. The standard InChI is InChI=1S/C8H17NOSi/c1-3-9-4-2-8(1)7-11-6-5-10-8/h9H,1-7,11H2. The average molecular weight is 171 g/mol. The van der Waals surface area contributed by atoms with Crippen LogP contribution in [0.4, 0.5) is 0 Å². The lowest BCUT2D eigenvalue weighted by molar-refractivity contribution is -0.0522. The molecule has 2 nitrogen and oxygen atoms in total. The highest BCUT2D eigenvalue weighted by molar-refractivity contribution is 6.36. The van der Waals surface area contributed by atoms with Crippen molar-refractivity contribution in [2.75, 3.05) is 19.7 Å². The van der Waals surface area contributed by atoms with E-state index in [1.807, 2.05) is 0 Å². The first-order valence-corrected chi connectivity index (χ1v) is 6.76. The largest absolute Gasteiger partial charge is 0.376 e. The molecule has 1 spiro atoms. The Morgan fingerprint density at radius 2 is 2.09 bits per heavy atom. The maximum atomic E-state index is 5.90. The van der Waals surface area contributed by atoms with E-state index in [0.717, 1.165) is 6.61 Å². The molecule has 0 saturated carbocycles. The maximum absolute atomic E-state index is 5.90. The summed E-state index contributed by atoms with van der Waals surface area (Å²) < 4.78 is 5.90. The van der Waals surface area contributed by atoms with Gasteiger partial charge in [-0.1, -0.05) is 0 Å². The van der Waals surface area contributed by atoms with Gasteiger partial charge in [0.2, 0.25) is 0 Å². The van der Waals surface area contributed by atoms with Gasteiger partial charge in [0.1, 0.15) is 0 Å². The summed E-state index contributed by atoms with van der Waals surface area (Å²) in [4.78, 5) is 0. The molecule has 3 heteroatoms. The van der Waals surface area contributed by atoms with Crippen LogP contribution in [-0.4, -0.2) is 34.8 Å². The molecule has 2 aliphatic heterocycles. The highest BCUT2D eigenvalue weighted by atomic mass is 28.2. The van der Waals surface area contributed by atoms with E-state index in [2.05, 4.69) is 5.32 Å². The van der Waals surface area contributed by atoms with Crippen LogP contribution in [0.15, 0.2) is 0 Å². The van der Waals surface area contributed by atoms with E-state index in [9.17, 15) is 0 Å². The topological polar surface area (TPSA) is 21.3 Å². The summed E-state index contributed by atoms with van der Waals surface area (Å²) in [6, 6.07) is 2.85. The van der Waals surface area contributed by atoms with Crippen LogP contribution in [0.3, 0.4) is 0 Å². The molecule has 2 fully saturated rings. The number of hydrogen-bond acceptors (Lipinski definition) is 2. The number of hydrogen-bond donors (Lipinski definition) is 1. The molecule has 2 rings (SSSR count). The second-order valence-electron chi connectivity index (χ2n) is 3.74. The lowest BCUT2D eigenvalue weighted by atomic mass is 9.94. The predicted molar refractivity (Wildman–Crippen MR) is 48.9 cm³/mol. The molecular weight excluding hydrogens is 154 g/mol. The normalized spacial score (nSPS) is 32.7. The van der Waals surface area contributed by atoms with Crippen molar-refractivity contribution in [2.24, 2.45) is 0 Å². The van der Waals surface area contributed by atoms with E-state index < -0.39 is 0 Å². The van der Waals surface area contributed by atoms with E-state index in [4.69, 9.17) is 4.74 Å². The van der Waals surface area contributed by atoms with Crippen LogP contribution >= 0.6 is 0 Å². The average Bonchev–Trinajstić information content (AvgIpc) is 2.07. The maximum Gasteiger partial charge on any atom is 0.0678 e. The quantitative estimate of drug-likeness (QED) is 0.524. The molecule has 1 N–H and O–H groups in total. The summed E-state index contributed by atoms with van der Waals surface area (Å²) in [6.07, 6.45) is 2.53. The lowest BCUT2D eigenvalue weighted by Gasteiger charge is -2.40. The molecule has 0 bridgehead atoms. The van der Waals surface area contributed by atoms with E-state index in [1.165, 1.54) is 38.0 Å². The molecule has 11 heavy (non-hydrogen) atoms. The van der Waals surface area contributed by atoms with Crippen LogP contribution in [0.2, 0.25) is 12.1 Å². The van der Waals surface area contributed by atoms with E-state index >= 15 is 0 Å². The molecule has 0 aromatic carbocycles. The van der Waals surface area contributed by atoms with Crippen LogP contribution in [0.25, 0.3) is 0 Å². The minimum absolute atomic E-state index is 0.254. The summed E-state index contributed by atoms with van der Waals surface area (Å²) in [6.45, 7) is 3.41. The molecule has 0 aromatic rings. The summed E-state index contributed by atoms with van der Waals surface area (Å²) in [7, 11) is 0.254. The van der Waals surface area contributed by atoms with Gasteiger partial charge in [0.15, 0.2) is 0 Å². The predicted octanol–water partition coefficient (Wildman–Crippen LogP) is 0.144. The molecule has 0 aliphatic carbocycles. The van der Waals surface area contributed by atoms with Gasteiger partial charge >= 0.3 is 0 Å². The van der Waals surface area contributed by atoms with E-state index in [0.29, 0.717) is 5.60 Å². The molecule has 0 aromatic heterocycles. The van der Waals surface area contributed by atoms with Crippen LogP contribution in [0, 0.1) is 0 Å². The van der Waals surface area contributed by atoms with Crippen molar-refractivity contribution in [3.05, 3.63) is 0 Å². The van der Waals surface area contributed by atoms with Crippen molar-refractivity contribution >= 4 is 9.52 Å². The van der Waals surface area contributed by atoms with Crippen LogP contribution < -0.4 is 5.32 Å². The molecule has 0 radical (unpaired) electrons. The van der Waals surface area contributed by atoms with E-state index in [-0.39, 0.29) is 9.52 Å². The number of piperidine rings is 1. The monoisotopic (exact) mass is 171 g/mol. The smallest absolute Gasteiger partial charge is 0.0678 e. The van der Waals surface area contributed by atoms with Gasteiger partial charge in [0.05, 0.1) is 5.60 Å². The van der Waals surface area contributed by atoms with Crippen LogP contribution in [-0.2, 0) is 4.74 Å². The Bertz CT molecular complexity index is 109. The van der Waals surface area contributed by atoms with Gasteiger partial charge in [-0.15, -0.1) is 0 Å². The van der Waals surface area contributed by atoms with Gasteiger partial charge < -0.3 is 10.1 Å². The first-order valence-electron chi connectivity index (χ1n) is 4.76. The van der Waals surface area contributed by atoms with Gasteiger partial charge in [0, 0.05) is 16.1 Å². The molecule has 0 unspecified atom stereocenters. The van der Waals surface area contributed by atoms with Crippen molar-refractivity contribution in [1.82, 2.24) is 5.32 Å². The van der Waals surface area contributed by atoms with Crippen molar-refractivity contribution < 1.29 is 4.74 Å². The van der Waals surface area contributed by atoms with Crippen molar-refractivity contribution in [1.29, 1.82) is 0 Å². The van der Waals surface area contributed by atoms with Gasteiger partial charge in [-0.05, 0) is 38.0 Å². The van der Waals surface area contributed by atoms with Gasteiger partial charge in [-0.25, -0.2) is 0 Å². The second kappa shape index (κ2) is 3.25. The van der Waals surface area contributed by atoms with Crippen molar-refractivity contribution in [3.8, 4) is 0 Å². The number of rotatable bonds is 0. The van der Waals surface area contributed by atoms with Crippen molar-refractivity contribution in [2.45, 2.75) is 30.5 Å². The Hall–Kier alpha value is 0.137. The zero-order valence-corrected chi connectivity index (χ0v) is 8.48. The Labute approximate surface area is 70.5 Å². The first kappa shape index (κ1) is 7.77. The van der Waals surface area contributed by atoms with Gasteiger partial charge in [0.25, 0.3) is 0 Å². The Kier molecular flexibility index (Phi) is 2.30. The SMILES string of the molecule is C1CC2(CCN1)C[SiH2]CCO2. The summed E-state index contributed by atoms with van der Waals surface area (Å²) in [5, 5.41) is 3.39. The summed E-state index contributed by atoms with van der Waals surface area (Å²) in [5.41, 5.74) is 0.357. The van der Waals surface area contributed by atoms with Crippen LogP contribution in [0.1, 0.15) is 12.8 Å². The fourth-order valence-corrected chi connectivity index (χ4v) is 4.07. The zero-order valence-electron chi connectivity index (χ0n) is 7.07. The Morgan fingerprint density at radius 3 is 2.73 bits per heavy atom. The highest BCUT2D eigenvalue weighted by Gasteiger charge is 2.34. The summed E-state index contributed by atoms with van der Waals surface area (Å²) in [5.74, 6) is 0. The zero-order chi connectivity index (χ0) is 7.57. The Balaban J connectivity index is 1.94. The molecular formula is C8H17NOSi. The molecule has 64 valence electrons. The fourth-order valence-electron chi connectivity index (χ4n) is 2.19. The van der Waals surface area contributed by atoms with Gasteiger partial charge in [-0.3, -0.25) is 0 Å². The minimum Gasteiger partial charge on any atom is -0.376 e. The van der Waals surface area contributed by atoms with Crippen molar-refractivity contribution in [3.63, 3.8) is 0 Å². The first-order chi connectivity index (χ1) is 5.41. The molecule has 0 amide bonds. The second-order valence-corrected chi connectivity index (χ2v) is 5.65. The third kappa shape index (κ3) is 1.66. The molecule has 0 atom stereocenters. The van der Waals surface area contributed by atoms with Gasteiger partial charge in [-0.2, -0.15) is 0 Å². The number of ether oxygens (including phenoxy) is 1. The van der Waals surface area contributed by atoms with Crippen LogP contribution in [0.5, 0.6) is 0 Å². The number of nitrogens with one attached hydrogen (secondary N) is 1. The van der Waals surface area contributed by atoms with E-state index in [1.54, 1.807) is 0 Å². The molecule has 2 saturated heterocycles. The third-order valence-corrected chi connectivity index (χ3v) is 5.00. The lowest BCUT2D eigenvalue weighted by Crippen LogP contribution is -2.46. The fraction of sp³-hybridized carbons (Fsp3) is 1.00. The molecule has 2 heterocycles. The minimum atomic E-state index is 0.254. The third-order valence-electron chi connectivity index (χ3n) is 2.95.